The van der Waals surface area contributed by atoms with Gasteiger partial charge in [-0.3, -0.25) is 15.0 Å². The van der Waals surface area contributed by atoms with E-state index in [1.807, 2.05) is 5.92 Å². The third kappa shape index (κ3) is 4.53. The van der Waals surface area contributed by atoms with E-state index in [2.05, 4.69) is 9.97 Å². The number of fused-ring (bicyclic) bond motifs is 1. The van der Waals surface area contributed by atoms with Crippen LogP contribution in [-0.2, 0) is 4.74 Å². The van der Waals surface area contributed by atoms with Crippen LogP contribution in [0, 0.1) is 34.1 Å². The fraction of sp³-hybridized carbons (Fsp3) is 0.360. The molecule has 39 heavy (non-hydrogen) atoms. The second-order valence-corrected chi connectivity index (χ2v) is 9.09. The molecular weight excluding hydrogens is 526 g/mol. The summed E-state index contributed by atoms with van der Waals surface area (Å²) in [5.74, 6) is -5.18. The van der Waals surface area contributed by atoms with E-state index >= 15 is 8.78 Å². The largest absolute Gasteiger partial charge is 0.493 e. The summed E-state index contributed by atoms with van der Waals surface area (Å²) < 4.78 is 74.9. The smallest absolute Gasteiger partial charge is 0.327 e. The van der Waals surface area contributed by atoms with Crippen LogP contribution < -0.4 is 15.2 Å². The number of nitrogens with two attached hydrogens (primary N) is 1. The van der Waals surface area contributed by atoms with Crippen molar-refractivity contribution in [2.24, 2.45) is 0 Å². The number of piperidine rings is 1. The first-order valence-corrected chi connectivity index (χ1v) is 11.7. The predicted octanol–water partition coefficient (Wildman–Crippen LogP) is 3.54. The third-order valence-electron chi connectivity index (χ3n) is 6.75. The lowest BCUT2D eigenvalue weighted by atomic mass is 10.0. The number of likely N-dealkylation sites (tertiary alicyclic amines) is 1. The van der Waals surface area contributed by atoms with Gasteiger partial charge in [-0.25, -0.2) is 27.5 Å². The number of nitrogens with zero attached hydrogens (tertiary/aromatic N) is 4. The van der Waals surface area contributed by atoms with E-state index in [4.69, 9.17) is 26.4 Å². The highest BCUT2D eigenvalue weighted by Crippen LogP contribution is 2.47. The van der Waals surface area contributed by atoms with Crippen LogP contribution in [-0.4, -0.2) is 71.3 Å². The maximum Gasteiger partial charge on any atom is 0.327 e. The highest BCUT2D eigenvalue weighted by atomic mass is 19.3. The molecule has 1 aromatic heterocycles. The van der Waals surface area contributed by atoms with Gasteiger partial charge in [0, 0.05) is 19.0 Å². The standard InChI is InChI=1S/C25H21F4N5O5/c1-3-13-15(26)5-4-14(20(13)27)24-31-16-8-17(37-2)22(21(34(35)36)19(16)23(30)32-24)39-18-6-7-33(11-25(18,28)29)12-9-38-10-12/h1,4-5,8,12,18H,6-7,9-11H2,2H3,(H2,30,31,32)/t18-/m0/s1. The number of benzene rings is 2. The first-order valence-electron chi connectivity index (χ1n) is 11.7. The van der Waals surface area contributed by atoms with Gasteiger partial charge in [-0.2, -0.15) is 0 Å². The van der Waals surface area contributed by atoms with Crippen molar-refractivity contribution in [2.75, 3.05) is 39.1 Å². The van der Waals surface area contributed by atoms with Crippen LogP contribution in [0.25, 0.3) is 22.3 Å². The van der Waals surface area contributed by atoms with E-state index in [1.165, 1.54) is 13.2 Å². The lowest BCUT2D eigenvalue weighted by Gasteiger charge is -2.44. The summed E-state index contributed by atoms with van der Waals surface area (Å²) in [6.45, 7) is 0.389. The fourth-order valence-electron chi connectivity index (χ4n) is 4.66. The highest BCUT2D eigenvalue weighted by molar-refractivity contribution is 6.01. The van der Waals surface area contributed by atoms with Gasteiger partial charge in [0.1, 0.15) is 17.0 Å². The summed E-state index contributed by atoms with van der Waals surface area (Å²) in [7, 11) is 1.17. The summed E-state index contributed by atoms with van der Waals surface area (Å²) in [6, 6.07) is 3.03. The van der Waals surface area contributed by atoms with E-state index in [0.717, 1.165) is 12.1 Å². The highest BCUT2D eigenvalue weighted by Gasteiger charge is 2.49. The molecule has 0 saturated carbocycles. The van der Waals surface area contributed by atoms with Crippen molar-refractivity contribution in [3.05, 3.63) is 45.5 Å². The van der Waals surface area contributed by atoms with Gasteiger partial charge < -0.3 is 19.9 Å². The Balaban J connectivity index is 1.60. The second kappa shape index (κ2) is 9.83. The number of nitrogen functional groups attached to an aromatic ring is 1. The summed E-state index contributed by atoms with van der Waals surface area (Å²) >= 11 is 0. The van der Waals surface area contributed by atoms with E-state index in [-0.39, 0.29) is 47.0 Å². The molecule has 2 N–H and O–H groups in total. The van der Waals surface area contributed by atoms with E-state index < -0.39 is 57.9 Å². The summed E-state index contributed by atoms with van der Waals surface area (Å²) in [4.78, 5) is 21.1. The first-order chi connectivity index (χ1) is 18.6. The second-order valence-electron chi connectivity index (χ2n) is 9.09. The zero-order chi connectivity index (χ0) is 28.1. The van der Waals surface area contributed by atoms with Gasteiger partial charge in [-0.05, 0) is 12.1 Å². The molecule has 0 spiro atoms. The minimum atomic E-state index is -3.34. The topological polar surface area (TPSA) is 126 Å². The minimum absolute atomic E-state index is 0.116. The zero-order valence-electron chi connectivity index (χ0n) is 20.4. The number of aromatic nitrogens is 2. The van der Waals surface area contributed by atoms with Crippen LogP contribution in [0.1, 0.15) is 12.0 Å². The van der Waals surface area contributed by atoms with Crippen LogP contribution in [0.3, 0.4) is 0 Å². The molecule has 2 saturated heterocycles. The van der Waals surface area contributed by atoms with Gasteiger partial charge in [0.2, 0.25) is 5.75 Å². The average Bonchev–Trinajstić information content (AvgIpc) is 2.84. The molecule has 1 atom stereocenters. The van der Waals surface area contributed by atoms with Gasteiger partial charge in [0.25, 0.3) is 5.92 Å². The molecule has 2 aromatic carbocycles. The normalized spacial score (nSPS) is 19.3. The number of methoxy groups -OCH3 is 1. The van der Waals surface area contributed by atoms with E-state index in [0.29, 0.717) is 13.2 Å². The molecule has 3 heterocycles. The van der Waals surface area contributed by atoms with E-state index in [9.17, 15) is 18.9 Å². The van der Waals surface area contributed by atoms with Crippen LogP contribution in [0.5, 0.6) is 11.5 Å². The predicted molar refractivity (Wildman–Crippen MR) is 131 cm³/mol. The molecule has 0 unspecified atom stereocenters. The number of terminal acetylenes is 1. The molecule has 14 heteroatoms. The number of ether oxygens (including phenoxy) is 3. The Morgan fingerprint density at radius 2 is 2.05 bits per heavy atom. The molecule has 2 fully saturated rings. The maximum absolute atomic E-state index is 15.1. The number of halogens is 4. The van der Waals surface area contributed by atoms with Crippen LogP contribution in [0.2, 0.25) is 0 Å². The third-order valence-corrected chi connectivity index (χ3v) is 6.75. The maximum atomic E-state index is 15.1. The minimum Gasteiger partial charge on any atom is -0.493 e. The van der Waals surface area contributed by atoms with Crippen molar-refractivity contribution in [1.82, 2.24) is 14.9 Å². The van der Waals surface area contributed by atoms with Crippen LogP contribution >= 0.6 is 0 Å². The molecule has 2 aliphatic rings. The molecule has 204 valence electrons. The molecule has 5 rings (SSSR count). The van der Waals surface area contributed by atoms with Crippen molar-refractivity contribution in [2.45, 2.75) is 24.5 Å². The molecule has 10 nitrogen and oxygen atoms in total. The van der Waals surface area contributed by atoms with Crippen LogP contribution in [0.4, 0.5) is 29.1 Å². The first kappa shape index (κ1) is 26.4. The Hall–Kier alpha value is -4.22. The van der Waals surface area contributed by atoms with Crippen molar-refractivity contribution >= 4 is 22.4 Å². The zero-order valence-corrected chi connectivity index (χ0v) is 20.4. The number of hydrogen-bond donors (Lipinski definition) is 1. The molecule has 2 aliphatic heterocycles. The van der Waals surface area contributed by atoms with Crippen molar-refractivity contribution < 1.29 is 36.7 Å². The number of hydrogen-bond acceptors (Lipinski definition) is 9. The quantitative estimate of drug-likeness (QED) is 0.213. The molecule has 0 radical (unpaired) electrons. The molecule has 0 amide bonds. The Bertz CT molecular complexity index is 1530. The lowest BCUT2D eigenvalue weighted by Crippen LogP contribution is -2.60. The number of anilines is 1. The average molecular weight is 547 g/mol. The van der Waals surface area contributed by atoms with Gasteiger partial charge in [0.15, 0.2) is 23.5 Å². The lowest BCUT2D eigenvalue weighted by molar-refractivity contribution is -0.384. The Morgan fingerprint density at radius 1 is 1.31 bits per heavy atom. The van der Waals surface area contributed by atoms with E-state index in [1.54, 1.807) is 4.90 Å². The SMILES string of the molecule is C#Cc1c(F)ccc(-c2nc(N)c3c([N+](=O)[O-])c(O[C@H]4CCN(C5COC5)CC4(F)F)c(OC)cc3n2)c1F. The van der Waals surface area contributed by atoms with Crippen molar-refractivity contribution in [3.8, 4) is 35.2 Å². The molecular formula is C25H21F4N5O5. The number of nitro groups is 1. The molecule has 0 bridgehead atoms. The fourth-order valence-corrected chi connectivity index (χ4v) is 4.66. The molecule has 3 aromatic rings. The summed E-state index contributed by atoms with van der Waals surface area (Å²) in [6.07, 6.45) is 3.38. The molecule has 0 aliphatic carbocycles. The van der Waals surface area contributed by atoms with Gasteiger partial charge >= 0.3 is 5.69 Å². The summed E-state index contributed by atoms with van der Waals surface area (Å²) in [5.41, 5.74) is 4.14. The van der Waals surface area contributed by atoms with Gasteiger partial charge in [-0.15, -0.1) is 6.42 Å². The number of nitro benzene ring substituents is 1. The Labute approximate surface area is 218 Å². The summed E-state index contributed by atoms with van der Waals surface area (Å²) in [5, 5.41) is 11.9. The number of rotatable bonds is 6. The Morgan fingerprint density at radius 3 is 2.64 bits per heavy atom. The van der Waals surface area contributed by atoms with Crippen molar-refractivity contribution in [3.63, 3.8) is 0 Å². The van der Waals surface area contributed by atoms with Gasteiger partial charge in [0.05, 0.1) is 54.5 Å². The monoisotopic (exact) mass is 547 g/mol. The van der Waals surface area contributed by atoms with Crippen molar-refractivity contribution in [1.29, 1.82) is 0 Å². The van der Waals surface area contributed by atoms with Crippen LogP contribution in [0.15, 0.2) is 18.2 Å². The Kier molecular flexibility index (Phi) is 6.65. The number of alkyl halides is 2. The van der Waals surface area contributed by atoms with Gasteiger partial charge in [-0.1, -0.05) is 5.92 Å².